The van der Waals surface area contributed by atoms with Crippen molar-refractivity contribution >= 4 is 12.0 Å². The smallest absolute Gasteiger partial charge is 0.244 e. The first kappa shape index (κ1) is 17.5. The van der Waals surface area contributed by atoms with Gasteiger partial charge in [0.15, 0.2) is 0 Å². The predicted molar refractivity (Wildman–Crippen MR) is 96.1 cm³/mol. The average Bonchev–Trinajstić information content (AvgIpc) is 2.67. The summed E-state index contributed by atoms with van der Waals surface area (Å²) in [7, 11) is 0. The monoisotopic (exact) mass is 350 g/mol. The van der Waals surface area contributed by atoms with E-state index in [4.69, 9.17) is 0 Å². The summed E-state index contributed by atoms with van der Waals surface area (Å²) in [5.41, 5.74) is 1.26. The van der Waals surface area contributed by atoms with Crippen LogP contribution >= 0.6 is 0 Å². The van der Waals surface area contributed by atoms with Gasteiger partial charge in [0, 0.05) is 17.8 Å². The molecule has 0 fully saturated rings. The van der Waals surface area contributed by atoms with Gasteiger partial charge in [-0.25, -0.2) is 8.78 Å². The summed E-state index contributed by atoms with van der Waals surface area (Å²) in [5, 5.41) is 2.83. The molecule has 1 atom stereocenters. The highest BCUT2D eigenvalue weighted by Crippen LogP contribution is 2.20. The number of rotatable bonds is 5. The summed E-state index contributed by atoms with van der Waals surface area (Å²) in [5.74, 6) is -1.93. The lowest BCUT2D eigenvalue weighted by atomic mass is 10.0. The van der Waals surface area contributed by atoms with Crippen LogP contribution in [-0.2, 0) is 4.79 Å². The minimum atomic E-state index is -0.724. The third kappa shape index (κ3) is 4.19. The zero-order valence-electron chi connectivity index (χ0n) is 13.8. The number of benzene rings is 2. The first-order valence-corrected chi connectivity index (χ1v) is 8.03. The van der Waals surface area contributed by atoms with Gasteiger partial charge in [0.2, 0.25) is 5.91 Å². The second-order valence-corrected chi connectivity index (χ2v) is 5.58. The summed E-state index contributed by atoms with van der Waals surface area (Å²) >= 11 is 0. The molecule has 5 heteroatoms. The van der Waals surface area contributed by atoms with Gasteiger partial charge in [-0.15, -0.1) is 0 Å². The van der Waals surface area contributed by atoms with Gasteiger partial charge in [0.25, 0.3) is 0 Å². The van der Waals surface area contributed by atoms with Gasteiger partial charge < -0.3 is 5.32 Å². The zero-order valence-corrected chi connectivity index (χ0v) is 13.8. The van der Waals surface area contributed by atoms with E-state index < -0.39 is 23.6 Å². The number of aromatic nitrogens is 1. The van der Waals surface area contributed by atoms with Crippen LogP contribution in [0, 0.1) is 11.6 Å². The lowest BCUT2D eigenvalue weighted by Gasteiger charge is -2.18. The topological polar surface area (TPSA) is 42.0 Å². The molecule has 3 nitrogen and oxygen atoms in total. The second-order valence-electron chi connectivity index (χ2n) is 5.58. The van der Waals surface area contributed by atoms with Crippen LogP contribution in [0.25, 0.3) is 6.08 Å². The van der Waals surface area contributed by atoms with Gasteiger partial charge in [-0.1, -0.05) is 42.5 Å². The molecule has 0 radical (unpaired) electrons. The van der Waals surface area contributed by atoms with E-state index in [0.717, 1.165) is 29.8 Å². The van der Waals surface area contributed by atoms with E-state index in [1.807, 2.05) is 36.4 Å². The van der Waals surface area contributed by atoms with E-state index in [0.29, 0.717) is 5.69 Å². The summed E-state index contributed by atoms with van der Waals surface area (Å²) in [6, 6.07) is 17.9. The Bertz CT molecular complexity index is 852. The number of carbonyl (C=O) groups is 1. The van der Waals surface area contributed by atoms with Crippen molar-refractivity contribution in [3.63, 3.8) is 0 Å². The Balaban J connectivity index is 1.83. The van der Waals surface area contributed by atoms with Crippen molar-refractivity contribution in [3.8, 4) is 0 Å². The highest BCUT2D eigenvalue weighted by atomic mass is 19.1. The van der Waals surface area contributed by atoms with Crippen LogP contribution in [0.4, 0.5) is 8.78 Å². The molecule has 26 heavy (non-hydrogen) atoms. The quantitative estimate of drug-likeness (QED) is 0.698. The molecule has 0 unspecified atom stereocenters. The van der Waals surface area contributed by atoms with E-state index in [1.165, 1.54) is 6.07 Å². The number of hydrogen-bond donors (Lipinski definition) is 1. The Morgan fingerprint density at radius 1 is 0.923 bits per heavy atom. The fourth-order valence-corrected chi connectivity index (χ4v) is 2.54. The van der Waals surface area contributed by atoms with Crippen LogP contribution in [-0.4, -0.2) is 10.9 Å². The number of pyridine rings is 1. The molecule has 130 valence electrons. The van der Waals surface area contributed by atoms with Crippen LogP contribution in [0.5, 0.6) is 0 Å². The third-order valence-electron chi connectivity index (χ3n) is 3.80. The summed E-state index contributed by atoms with van der Waals surface area (Å²) in [6.45, 7) is 0. The van der Waals surface area contributed by atoms with E-state index in [9.17, 15) is 13.6 Å². The first-order valence-electron chi connectivity index (χ1n) is 8.03. The molecule has 2 aromatic carbocycles. The number of nitrogens with zero attached hydrogens (tertiary/aromatic N) is 1. The van der Waals surface area contributed by atoms with Crippen molar-refractivity contribution < 1.29 is 13.6 Å². The van der Waals surface area contributed by atoms with Gasteiger partial charge in [0.05, 0.1) is 11.7 Å². The van der Waals surface area contributed by atoms with Crippen LogP contribution in [0.3, 0.4) is 0 Å². The molecule has 3 rings (SSSR count). The van der Waals surface area contributed by atoms with E-state index >= 15 is 0 Å². The maximum Gasteiger partial charge on any atom is 0.244 e. The van der Waals surface area contributed by atoms with Crippen molar-refractivity contribution in [1.82, 2.24) is 10.3 Å². The Morgan fingerprint density at radius 3 is 2.27 bits per heavy atom. The molecule has 1 amide bonds. The van der Waals surface area contributed by atoms with Crippen LogP contribution < -0.4 is 5.32 Å². The van der Waals surface area contributed by atoms with Crippen LogP contribution in [0.2, 0.25) is 0 Å². The van der Waals surface area contributed by atoms with Crippen LogP contribution in [0.1, 0.15) is 22.9 Å². The molecule has 0 aliphatic rings. The summed E-state index contributed by atoms with van der Waals surface area (Å²) in [4.78, 5) is 16.6. The Labute approximate surface area is 150 Å². The van der Waals surface area contributed by atoms with Crippen molar-refractivity contribution in [2.75, 3.05) is 0 Å². The standard InChI is InChI=1S/C21H16F2N2O/c22-17-9-6-10-18(23)16(17)12-13-20(26)25-21(15-7-2-1-3-8-15)19-11-4-5-14-24-19/h1-14,21H,(H,25,26)/b13-12+/t21-/m1/s1. The number of hydrogen-bond acceptors (Lipinski definition) is 2. The van der Waals surface area contributed by atoms with Gasteiger partial charge in [-0.2, -0.15) is 0 Å². The molecule has 0 saturated carbocycles. The summed E-state index contributed by atoms with van der Waals surface area (Å²) in [6.07, 6.45) is 3.88. The lowest BCUT2D eigenvalue weighted by molar-refractivity contribution is -0.116. The Kier molecular flexibility index (Phi) is 5.49. The van der Waals surface area contributed by atoms with E-state index in [2.05, 4.69) is 10.3 Å². The highest BCUT2D eigenvalue weighted by molar-refractivity contribution is 5.92. The maximum absolute atomic E-state index is 13.7. The number of carbonyl (C=O) groups excluding carboxylic acids is 1. The maximum atomic E-state index is 13.7. The van der Waals surface area contributed by atoms with Gasteiger partial charge in [-0.3, -0.25) is 9.78 Å². The fraction of sp³-hybridized carbons (Fsp3) is 0.0476. The first-order chi connectivity index (χ1) is 12.6. The average molecular weight is 350 g/mol. The van der Waals surface area contributed by atoms with Gasteiger partial charge in [0.1, 0.15) is 11.6 Å². The molecule has 0 saturated heterocycles. The van der Waals surface area contributed by atoms with Crippen molar-refractivity contribution in [2.45, 2.75) is 6.04 Å². The lowest BCUT2D eigenvalue weighted by Crippen LogP contribution is -2.28. The number of amides is 1. The van der Waals surface area contributed by atoms with Crippen molar-refractivity contribution in [2.24, 2.45) is 0 Å². The number of halogens is 2. The Hall–Kier alpha value is -3.34. The predicted octanol–water partition coefficient (Wildman–Crippen LogP) is 4.28. The third-order valence-corrected chi connectivity index (χ3v) is 3.80. The zero-order chi connectivity index (χ0) is 18.4. The van der Waals surface area contributed by atoms with Crippen molar-refractivity contribution in [3.05, 3.63) is 107 Å². The van der Waals surface area contributed by atoms with E-state index in [-0.39, 0.29) is 5.56 Å². The molecular weight excluding hydrogens is 334 g/mol. The molecule has 0 bridgehead atoms. The molecule has 1 aromatic heterocycles. The summed E-state index contributed by atoms with van der Waals surface area (Å²) < 4.78 is 27.3. The molecule has 0 aliphatic heterocycles. The normalized spacial score (nSPS) is 12.1. The van der Waals surface area contributed by atoms with Crippen LogP contribution in [0.15, 0.2) is 79.0 Å². The molecule has 0 aliphatic carbocycles. The van der Waals surface area contributed by atoms with Gasteiger partial charge >= 0.3 is 0 Å². The molecule has 1 heterocycles. The molecule has 1 N–H and O–H groups in total. The largest absolute Gasteiger partial charge is 0.340 e. The molecule has 3 aromatic rings. The second kappa shape index (κ2) is 8.16. The SMILES string of the molecule is O=C(/C=C/c1c(F)cccc1F)N[C@H](c1ccccc1)c1ccccn1. The number of nitrogens with one attached hydrogen (secondary N) is 1. The minimum absolute atomic E-state index is 0.253. The van der Waals surface area contributed by atoms with E-state index in [1.54, 1.807) is 18.3 Å². The Morgan fingerprint density at radius 2 is 1.62 bits per heavy atom. The minimum Gasteiger partial charge on any atom is -0.340 e. The van der Waals surface area contributed by atoms with Crippen molar-refractivity contribution in [1.29, 1.82) is 0 Å². The fourth-order valence-electron chi connectivity index (χ4n) is 2.54. The van der Waals surface area contributed by atoms with Gasteiger partial charge in [-0.05, 0) is 35.9 Å². The molecular formula is C21H16F2N2O. The molecule has 0 spiro atoms. The highest BCUT2D eigenvalue weighted by Gasteiger charge is 2.16.